The van der Waals surface area contributed by atoms with E-state index in [1.165, 1.54) is 0 Å². The summed E-state index contributed by atoms with van der Waals surface area (Å²) in [4.78, 5) is 22.6. The minimum atomic E-state index is -0.603. The highest BCUT2D eigenvalue weighted by Gasteiger charge is 2.03. The van der Waals surface area contributed by atoms with E-state index in [2.05, 4.69) is 10.6 Å². The van der Waals surface area contributed by atoms with Gasteiger partial charge in [-0.25, -0.2) is 4.79 Å². The molecule has 0 atom stereocenters. The Labute approximate surface area is 150 Å². The van der Waals surface area contributed by atoms with Gasteiger partial charge in [0.15, 0.2) is 0 Å². The molecule has 0 heterocycles. The van der Waals surface area contributed by atoms with E-state index in [4.69, 9.17) is 17.3 Å². The molecular weight excluding hydrogens is 346 g/mol. The topological polar surface area (TPSA) is 84.2 Å². The summed E-state index contributed by atoms with van der Waals surface area (Å²) in [5.74, 6) is 1.13. The van der Waals surface area contributed by atoms with E-state index in [1.54, 1.807) is 23.9 Å². The summed E-state index contributed by atoms with van der Waals surface area (Å²) in [5, 5.41) is 6.05. The second-order valence-corrected chi connectivity index (χ2v) is 6.50. The molecule has 0 radical (unpaired) electrons. The van der Waals surface area contributed by atoms with Gasteiger partial charge in [0, 0.05) is 23.0 Å². The quantitative estimate of drug-likeness (QED) is 0.705. The maximum atomic E-state index is 11.8. The number of hydrogen-bond donors (Lipinski definition) is 3. The van der Waals surface area contributed by atoms with E-state index in [0.29, 0.717) is 23.0 Å². The first-order valence-electron chi connectivity index (χ1n) is 7.27. The zero-order valence-corrected chi connectivity index (χ0v) is 14.5. The summed E-state index contributed by atoms with van der Waals surface area (Å²) in [5.41, 5.74) is 7.74. The van der Waals surface area contributed by atoms with Crippen molar-refractivity contribution in [1.82, 2.24) is 5.32 Å². The number of primary amides is 1. The van der Waals surface area contributed by atoms with Crippen LogP contribution in [0.3, 0.4) is 0 Å². The minimum absolute atomic E-state index is 0.0201. The summed E-state index contributed by atoms with van der Waals surface area (Å²) in [6.07, 6.45) is 0. The standard InChI is InChI=1S/C17H18ClN3O2S/c18-14-5-1-13(2-6-14)10-24-11-16(22)20-9-12-3-7-15(8-4-12)21-17(19)23/h1-8H,9-11H2,(H,20,22)(H3,19,21,23). The average molecular weight is 364 g/mol. The Balaban J connectivity index is 1.69. The molecule has 0 aliphatic carbocycles. The van der Waals surface area contributed by atoms with Crippen LogP contribution in [0.15, 0.2) is 48.5 Å². The summed E-state index contributed by atoms with van der Waals surface area (Å²) in [7, 11) is 0. The molecule has 0 fully saturated rings. The molecule has 2 aromatic carbocycles. The maximum absolute atomic E-state index is 11.8. The normalized spacial score (nSPS) is 10.2. The number of urea groups is 1. The van der Waals surface area contributed by atoms with Crippen molar-refractivity contribution in [3.63, 3.8) is 0 Å². The number of benzene rings is 2. The molecule has 7 heteroatoms. The third-order valence-electron chi connectivity index (χ3n) is 3.13. The largest absolute Gasteiger partial charge is 0.351 e. The first kappa shape index (κ1) is 18.2. The maximum Gasteiger partial charge on any atom is 0.316 e. The molecule has 0 saturated carbocycles. The highest BCUT2D eigenvalue weighted by Crippen LogP contribution is 2.15. The minimum Gasteiger partial charge on any atom is -0.351 e. The van der Waals surface area contributed by atoms with Gasteiger partial charge in [-0.2, -0.15) is 0 Å². The summed E-state index contributed by atoms with van der Waals surface area (Å²) < 4.78 is 0. The van der Waals surface area contributed by atoms with Crippen molar-refractivity contribution in [1.29, 1.82) is 0 Å². The second-order valence-electron chi connectivity index (χ2n) is 5.08. The van der Waals surface area contributed by atoms with Crippen molar-refractivity contribution in [2.45, 2.75) is 12.3 Å². The van der Waals surface area contributed by atoms with Crippen LogP contribution in [-0.4, -0.2) is 17.7 Å². The number of nitrogens with one attached hydrogen (secondary N) is 2. The Bertz CT molecular complexity index is 690. The highest BCUT2D eigenvalue weighted by atomic mass is 35.5. The van der Waals surface area contributed by atoms with Gasteiger partial charge in [-0.1, -0.05) is 35.9 Å². The lowest BCUT2D eigenvalue weighted by molar-refractivity contribution is -0.118. The molecule has 3 amide bonds. The van der Waals surface area contributed by atoms with Crippen LogP contribution in [0, 0.1) is 0 Å². The predicted octanol–water partition coefficient (Wildman–Crippen LogP) is 3.38. The number of rotatable bonds is 7. The molecule has 2 rings (SSSR count). The lowest BCUT2D eigenvalue weighted by Gasteiger charge is -2.07. The lowest BCUT2D eigenvalue weighted by Crippen LogP contribution is -2.24. The van der Waals surface area contributed by atoms with Crippen LogP contribution in [-0.2, 0) is 17.1 Å². The number of hydrogen-bond acceptors (Lipinski definition) is 3. The second kappa shape index (κ2) is 9.20. The van der Waals surface area contributed by atoms with E-state index in [0.717, 1.165) is 16.9 Å². The van der Waals surface area contributed by atoms with Crippen LogP contribution >= 0.6 is 23.4 Å². The van der Waals surface area contributed by atoms with Gasteiger partial charge in [-0.3, -0.25) is 4.79 Å². The van der Waals surface area contributed by atoms with Crippen molar-refractivity contribution in [3.05, 3.63) is 64.7 Å². The Morgan fingerprint density at radius 2 is 1.62 bits per heavy atom. The van der Waals surface area contributed by atoms with Crippen molar-refractivity contribution >= 4 is 41.0 Å². The fraction of sp³-hybridized carbons (Fsp3) is 0.176. The van der Waals surface area contributed by atoms with E-state index >= 15 is 0 Å². The number of carbonyl (C=O) groups excluding carboxylic acids is 2. The predicted molar refractivity (Wildman–Crippen MR) is 99.1 cm³/mol. The number of carbonyl (C=O) groups is 2. The van der Waals surface area contributed by atoms with Crippen molar-refractivity contribution in [3.8, 4) is 0 Å². The number of amides is 3. The van der Waals surface area contributed by atoms with Crippen molar-refractivity contribution in [2.75, 3.05) is 11.1 Å². The zero-order valence-electron chi connectivity index (χ0n) is 12.9. The van der Waals surface area contributed by atoms with Crippen LogP contribution in [0.1, 0.15) is 11.1 Å². The summed E-state index contributed by atoms with van der Waals surface area (Å²) >= 11 is 7.38. The third-order valence-corrected chi connectivity index (χ3v) is 4.38. The van der Waals surface area contributed by atoms with Gasteiger partial charge in [0.2, 0.25) is 5.91 Å². The van der Waals surface area contributed by atoms with Crippen LogP contribution < -0.4 is 16.4 Å². The Morgan fingerprint density at radius 3 is 2.25 bits per heavy atom. The monoisotopic (exact) mass is 363 g/mol. The van der Waals surface area contributed by atoms with Gasteiger partial charge in [-0.15, -0.1) is 11.8 Å². The molecule has 126 valence electrons. The number of thioether (sulfide) groups is 1. The smallest absolute Gasteiger partial charge is 0.316 e. The Morgan fingerprint density at radius 1 is 1.00 bits per heavy atom. The first-order chi connectivity index (χ1) is 11.5. The van der Waals surface area contributed by atoms with Crippen LogP contribution in [0.2, 0.25) is 5.02 Å². The molecule has 4 N–H and O–H groups in total. The molecule has 0 aliphatic rings. The van der Waals surface area contributed by atoms with Gasteiger partial charge in [0.25, 0.3) is 0 Å². The van der Waals surface area contributed by atoms with E-state index < -0.39 is 6.03 Å². The van der Waals surface area contributed by atoms with Crippen LogP contribution in [0.5, 0.6) is 0 Å². The molecule has 0 bridgehead atoms. The van der Waals surface area contributed by atoms with Gasteiger partial charge < -0.3 is 16.4 Å². The van der Waals surface area contributed by atoms with Gasteiger partial charge in [0.1, 0.15) is 0 Å². The molecule has 0 unspecified atom stereocenters. The fourth-order valence-electron chi connectivity index (χ4n) is 1.94. The highest BCUT2D eigenvalue weighted by molar-refractivity contribution is 7.99. The number of anilines is 1. The van der Waals surface area contributed by atoms with Gasteiger partial charge in [-0.05, 0) is 35.4 Å². The van der Waals surface area contributed by atoms with Crippen molar-refractivity contribution < 1.29 is 9.59 Å². The third kappa shape index (κ3) is 6.52. The number of halogens is 1. The summed E-state index contributed by atoms with van der Waals surface area (Å²) in [6, 6.07) is 14.1. The van der Waals surface area contributed by atoms with Crippen LogP contribution in [0.4, 0.5) is 10.5 Å². The van der Waals surface area contributed by atoms with E-state index in [-0.39, 0.29) is 5.91 Å². The first-order valence-corrected chi connectivity index (χ1v) is 8.80. The molecule has 0 aliphatic heterocycles. The SMILES string of the molecule is NC(=O)Nc1ccc(CNC(=O)CSCc2ccc(Cl)cc2)cc1. The van der Waals surface area contributed by atoms with Gasteiger partial charge >= 0.3 is 6.03 Å². The van der Waals surface area contributed by atoms with Gasteiger partial charge in [0.05, 0.1) is 5.75 Å². The molecular formula is C17H18ClN3O2S. The Kier molecular flexibility index (Phi) is 6.96. The molecule has 2 aromatic rings. The average Bonchev–Trinajstić information content (AvgIpc) is 2.55. The molecule has 5 nitrogen and oxygen atoms in total. The van der Waals surface area contributed by atoms with Crippen LogP contribution in [0.25, 0.3) is 0 Å². The zero-order chi connectivity index (χ0) is 17.4. The Hall–Kier alpha value is -2.18. The fourth-order valence-corrected chi connectivity index (χ4v) is 2.89. The molecule has 0 aromatic heterocycles. The molecule has 24 heavy (non-hydrogen) atoms. The number of nitrogens with two attached hydrogens (primary N) is 1. The lowest BCUT2D eigenvalue weighted by atomic mass is 10.2. The van der Waals surface area contributed by atoms with E-state index in [1.807, 2.05) is 36.4 Å². The van der Waals surface area contributed by atoms with E-state index in [9.17, 15) is 9.59 Å². The van der Waals surface area contributed by atoms with Crippen molar-refractivity contribution in [2.24, 2.45) is 5.73 Å². The molecule has 0 saturated heterocycles. The molecule has 0 spiro atoms. The summed E-state index contributed by atoms with van der Waals surface area (Å²) in [6.45, 7) is 0.442.